The zero-order valence-corrected chi connectivity index (χ0v) is 13.7. The van der Waals surface area contributed by atoms with Gasteiger partial charge in [0.2, 0.25) is 11.9 Å². The number of nitrogens with zero attached hydrogens (tertiary/aromatic N) is 3. The van der Waals surface area contributed by atoms with Crippen LogP contribution in [0, 0.1) is 0 Å². The standard InChI is InChI=1S/C18H23N5O/c24-17(8-11-21-18-19-9-5-10-20-18)22-16-7-2-1-6-15(16)14-23-12-3-4-13-23/h1-2,5-7,9-10H,3-4,8,11-14H2,(H,22,24)(H,19,20,21). The first-order valence-electron chi connectivity index (χ1n) is 8.42. The molecule has 6 heteroatoms. The van der Waals surface area contributed by atoms with Crippen LogP contribution in [0.1, 0.15) is 24.8 Å². The van der Waals surface area contributed by atoms with Crippen molar-refractivity contribution >= 4 is 17.5 Å². The number of nitrogens with one attached hydrogen (secondary N) is 2. The highest BCUT2D eigenvalue weighted by Gasteiger charge is 2.14. The first-order chi connectivity index (χ1) is 11.8. The molecule has 24 heavy (non-hydrogen) atoms. The minimum atomic E-state index is -0.00713. The molecule has 1 aromatic carbocycles. The fraction of sp³-hybridized carbons (Fsp3) is 0.389. The normalized spacial score (nSPS) is 14.5. The van der Waals surface area contributed by atoms with E-state index in [1.54, 1.807) is 18.5 Å². The Hall–Kier alpha value is -2.47. The summed E-state index contributed by atoms with van der Waals surface area (Å²) in [7, 11) is 0. The van der Waals surface area contributed by atoms with Gasteiger partial charge in [0.15, 0.2) is 0 Å². The van der Waals surface area contributed by atoms with Gasteiger partial charge in [-0.25, -0.2) is 9.97 Å². The van der Waals surface area contributed by atoms with E-state index in [0.717, 1.165) is 25.3 Å². The fourth-order valence-corrected chi connectivity index (χ4v) is 2.85. The second-order valence-corrected chi connectivity index (χ2v) is 5.94. The number of amides is 1. The van der Waals surface area contributed by atoms with Crippen molar-refractivity contribution in [2.24, 2.45) is 0 Å². The van der Waals surface area contributed by atoms with Gasteiger partial charge in [-0.15, -0.1) is 0 Å². The quantitative estimate of drug-likeness (QED) is 0.818. The zero-order valence-electron chi connectivity index (χ0n) is 13.7. The highest BCUT2D eigenvalue weighted by atomic mass is 16.1. The van der Waals surface area contributed by atoms with E-state index in [9.17, 15) is 4.79 Å². The van der Waals surface area contributed by atoms with Crippen LogP contribution in [0.25, 0.3) is 0 Å². The van der Waals surface area contributed by atoms with Gasteiger partial charge in [-0.05, 0) is 43.6 Å². The highest BCUT2D eigenvalue weighted by molar-refractivity contribution is 5.91. The van der Waals surface area contributed by atoms with Crippen LogP contribution in [0.15, 0.2) is 42.7 Å². The third kappa shape index (κ3) is 4.76. The van der Waals surface area contributed by atoms with Crippen LogP contribution in [-0.2, 0) is 11.3 Å². The summed E-state index contributed by atoms with van der Waals surface area (Å²) in [6.07, 6.45) is 6.24. The van der Waals surface area contributed by atoms with Crippen molar-refractivity contribution in [1.29, 1.82) is 0 Å². The Kier molecular flexibility index (Phi) is 5.74. The lowest BCUT2D eigenvalue weighted by Crippen LogP contribution is -2.21. The van der Waals surface area contributed by atoms with Crippen molar-refractivity contribution in [2.45, 2.75) is 25.8 Å². The van der Waals surface area contributed by atoms with Crippen LogP contribution < -0.4 is 10.6 Å². The summed E-state index contributed by atoms with van der Waals surface area (Å²) in [6.45, 7) is 3.68. The molecule has 126 valence electrons. The third-order valence-electron chi connectivity index (χ3n) is 4.09. The highest BCUT2D eigenvalue weighted by Crippen LogP contribution is 2.20. The van der Waals surface area contributed by atoms with Gasteiger partial charge in [0.05, 0.1) is 0 Å². The molecule has 2 aromatic rings. The van der Waals surface area contributed by atoms with Crippen LogP contribution in [0.2, 0.25) is 0 Å². The van der Waals surface area contributed by atoms with Gasteiger partial charge in [-0.3, -0.25) is 9.69 Å². The van der Waals surface area contributed by atoms with Crippen molar-refractivity contribution < 1.29 is 4.79 Å². The molecule has 1 aliphatic heterocycles. The first kappa shape index (κ1) is 16.4. The molecule has 6 nitrogen and oxygen atoms in total. The molecule has 2 N–H and O–H groups in total. The fourth-order valence-electron chi connectivity index (χ4n) is 2.85. The lowest BCUT2D eigenvalue weighted by atomic mass is 10.1. The second-order valence-electron chi connectivity index (χ2n) is 5.94. The van der Waals surface area contributed by atoms with E-state index < -0.39 is 0 Å². The van der Waals surface area contributed by atoms with Crippen LogP contribution >= 0.6 is 0 Å². The lowest BCUT2D eigenvalue weighted by molar-refractivity contribution is -0.115. The Morgan fingerprint density at radius 2 is 1.83 bits per heavy atom. The van der Waals surface area contributed by atoms with Gasteiger partial charge in [-0.2, -0.15) is 0 Å². The van der Waals surface area contributed by atoms with Gasteiger partial charge >= 0.3 is 0 Å². The summed E-state index contributed by atoms with van der Waals surface area (Å²) in [4.78, 5) is 22.8. The van der Waals surface area contributed by atoms with Crippen LogP contribution in [-0.4, -0.2) is 40.4 Å². The molecule has 1 fully saturated rings. The van der Waals surface area contributed by atoms with Gasteiger partial charge in [0.25, 0.3) is 0 Å². The van der Waals surface area contributed by atoms with E-state index in [1.165, 1.54) is 18.4 Å². The lowest BCUT2D eigenvalue weighted by Gasteiger charge is -2.17. The molecular formula is C18H23N5O. The molecule has 1 saturated heterocycles. The van der Waals surface area contributed by atoms with Crippen LogP contribution in [0.4, 0.5) is 11.6 Å². The molecule has 1 aliphatic rings. The number of carbonyl (C=O) groups excluding carboxylic acids is 1. The van der Waals surface area contributed by atoms with Crippen molar-refractivity contribution in [3.63, 3.8) is 0 Å². The monoisotopic (exact) mass is 325 g/mol. The number of hydrogen-bond donors (Lipinski definition) is 2. The number of aromatic nitrogens is 2. The van der Waals surface area contributed by atoms with Gasteiger partial charge in [0, 0.05) is 37.6 Å². The Bertz CT molecular complexity index is 655. The molecule has 2 heterocycles. The molecule has 3 rings (SSSR count). The number of likely N-dealkylation sites (tertiary alicyclic amines) is 1. The largest absolute Gasteiger partial charge is 0.354 e. The summed E-state index contributed by atoms with van der Waals surface area (Å²) in [5.41, 5.74) is 2.08. The molecule has 0 spiro atoms. The van der Waals surface area contributed by atoms with E-state index >= 15 is 0 Å². The maximum atomic E-state index is 12.2. The molecule has 1 aromatic heterocycles. The van der Waals surface area contributed by atoms with E-state index in [-0.39, 0.29) is 5.91 Å². The Labute approximate surface area is 142 Å². The minimum absolute atomic E-state index is 0.00713. The number of carbonyl (C=O) groups is 1. The van der Waals surface area contributed by atoms with Gasteiger partial charge in [-0.1, -0.05) is 18.2 Å². The first-order valence-corrected chi connectivity index (χ1v) is 8.42. The smallest absolute Gasteiger partial charge is 0.226 e. The summed E-state index contributed by atoms with van der Waals surface area (Å²) in [5.74, 6) is 0.534. The van der Waals surface area contributed by atoms with Crippen molar-refractivity contribution in [3.05, 3.63) is 48.3 Å². The molecule has 0 aliphatic carbocycles. The van der Waals surface area contributed by atoms with Crippen molar-refractivity contribution in [2.75, 3.05) is 30.3 Å². The van der Waals surface area contributed by atoms with Gasteiger partial charge < -0.3 is 10.6 Å². The predicted octanol–water partition coefficient (Wildman–Crippen LogP) is 2.51. The van der Waals surface area contributed by atoms with Crippen LogP contribution in [0.5, 0.6) is 0 Å². The number of hydrogen-bond acceptors (Lipinski definition) is 5. The maximum Gasteiger partial charge on any atom is 0.226 e. The van der Waals surface area contributed by atoms with Gasteiger partial charge in [0.1, 0.15) is 0 Å². The predicted molar refractivity (Wildman–Crippen MR) is 94.7 cm³/mol. The number of rotatable bonds is 7. The minimum Gasteiger partial charge on any atom is -0.354 e. The van der Waals surface area contributed by atoms with Crippen molar-refractivity contribution in [1.82, 2.24) is 14.9 Å². The summed E-state index contributed by atoms with van der Waals surface area (Å²) < 4.78 is 0. The molecular weight excluding hydrogens is 302 g/mol. The average Bonchev–Trinajstić information content (AvgIpc) is 3.11. The van der Waals surface area contributed by atoms with Crippen molar-refractivity contribution in [3.8, 4) is 0 Å². The Morgan fingerprint density at radius 3 is 2.62 bits per heavy atom. The summed E-state index contributed by atoms with van der Waals surface area (Å²) in [6, 6.07) is 9.80. The molecule has 0 unspecified atom stereocenters. The molecule has 0 radical (unpaired) electrons. The SMILES string of the molecule is O=C(CCNc1ncccn1)Nc1ccccc1CN1CCCC1. The molecule has 1 amide bonds. The average molecular weight is 325 g/mol. The number of benzene rings is 1. The third-order valence-corrected chi connectivity index (χ3v) is 4.09. The Balaban J connectivity index is 1.50. The van der Waals surface area contributed by atoms with E-state index in [0.29, 0.717) is 18.9 Å². The molecule has 0 atom stereocenters. The van der Waals surface area contributed by atoms with E-state index in [1.807, 2.05) is 18.2 Å². The van der Waals surface area contributed by atoms with Crippen LogP contribution in [0.3, 0.4) is 0 Å². The van der Waals surface area contributed by atoms with E-state index in [4.69, 9.17) is 0 Å². The number of para-hydroxylation sites is 1. The number of anilines is 2. The summed E-state index contributed by atoms with van der Waals surface area (Å²) >= 11 is 0. The molecule has 0 saturated carbocycles. The maximum absolute atomic E-state index is 12.2. The molecule has 0 bridgehead atoms. The van der Waals surface area contributed by atoms with E-state index in [2.05, 4.69) is 31.6 Å². The second kappa shape index (κ2) is 8.40. The zero-order chi connectivity index (χ0) is 16.6. The topological polar surface area (TPSA) is 70.1 Å². The Morgan fingerprint density at radius 1 is 1.08 bits per heavy atom. The summed E-state index contributed by atoms with van der Waals surface area (Å²) in [5, 5.41) is 6.07.